The van der Waals surface area contributed by atoms with E-state index in [9.17, 15) is 18.4 Å². The van der Waals surface area contributed by atoms with Crippen LogP contribution in [0.4, 0.5) is 13.6 Å². The number of hydrogen-bond acceptors (Lipinski definition) is 3. The fraction of sp³-hybridized carbons (Fsp3) is 0.500. The largest absolute Gasteiger partial charge is 0.375 e. The molecule has 0 radical (unpaired) electrons. The van der Waals surface area contributed by atoms with Gasteiger partial charge in [-0.2, -0.15) is 0 Å². The highest BCUT2D eigenvalue weighted by Crippen LogP contribution is 2.12. The second-order valence-corrected chi connectivity index (χ2v) is 5.73. The van der Waals surface area contributed by atoms with Gasteiger partial charge in [0.25, 0.3) is 5.91 Å². The fourth-order valence-electron chi connectivity index (χ4n) is 2.44. The molecule has 0 bridgehead atoms. The molecule has 6 nitrogen and oxygen atoms in total. The van der Waals surface area contributed by atoms with Gasteiger partial charge in [0.2, 0.25) is 0 Å². The predicted octanol–water partition coefficient (Wildman–Crippen LogP) is 1.51. The van der Waals surface area contributed by atoms with Crippen molar-refractivity contribution in [3.8, 4) is 0 Å². The Morgan fingerprint density at radius 1 is 1.21 bits per heavy atom. The first-order chi connectivity index (χ1) is 11.4. The lowest BCUT2D eigenvalue weighted by Crippen LogP contribution is -2.54. The normalized spacial score (nSPS) is 20.6. The van der Waals surface area contributed by atoms with Crippen molar-refractivity contribution in [3.63, 3.8) is 0 Å². The Hall–Kier alpha value is -2.22. The number of hydrogen-bond donors (Lipinski definition) is 2. The van der Waals surface area contributed by atoms with Crippen LogP contribution in [0.1, 0.15) is 24.2 Å². The van der Waals surface area contributed by atoms with Crippen molar-refractivity contribution in [3.05, 3.63) is 35.4 Å². The van der Waals surface area contributed by atoms with E-state index in [0.29, 0.717) is 13.2 Å². The molecule has 2 rings (SSSR count). The third kappa shape index (κ3) is 4.41. The molecular formula is C16H21F2N3O3. The molecule has 24 heavy (non-hydrogen) atoms. The Kier molecular flexibility index (Phi) is 6.08. The van der Waals surface area contributed by atoms with Crippen LogP contribution in [0.15, 0.2) is 18.2 Å². The van der Waals surface area contributed by atoms with Crippen LogP contribution in [0.25, 0.3) is 0 Å². The summed E-state index contributed by atoms with van der Waals surface area (Å²) in [5.74, 6) is -2.70. The standard InChI is InChI=1S/C16H21F2N3O3/c1-10-9-24-11(2)8-21(10)16(23)20-7-6-19-15(22)14-12(17)4-3-5-13(14)18/h3-5,10-11H,6-9H2,1-2H3,(H,19,22)(H,20,23)/t10-,11-/m1/s1. The molecule has 0 spiro atoms. The molecule has 1 fully saturated rings. The molecule has 2 N–H and O–H groups in total. The number of rotatable bonds is 4. The second-order valence-electron chi connectivity index (χ2n) is 5.73. The lowest BCUT2D eigenvalue weighted by Gasteiger charge is -2.36. The average Bonchev–Trinajstić information content (AvgIpc) is 2.53. The van der Waals surface area contributed by atoms with Gasteiger partial charge in [-0.05, 0) is 26.0 Å². The van der Waals surface area contributed by atoms with E-state index < -0.39 is 23.1 Å². The Bertz CT molecular complexity index is 592. The van der Waals surface area contributed by atoms with Gasteiger partial charge in [0.05, 0.1) is 18.8 Å². The quantitative estimate of drug-likeness (QED) is 0.816. The van der Waals surface area contributed by atoms with E-state index in [1.165, 1.54) is 6.07 Å². The van der Waals surface area contributed by atoms with Crippen molar-refractivity contribution >= 4 is 11.9 Å². The molecule has 132 valence electrons. The van der Waals surface area contributed by atoms with Crippen molar-refractivity contribution in [2.45, 2.75) is 26.0 Å². The number of nitrogens with zero attached hydrogens (tertiary/aromatic N) is 1. The maximum Gasteiger partial charge on any atom is 0.317 e. The molecule has 0 aliphatic carbocycles. The molecule has 0 aromatic heterocycles. The minimum atomic E-state index is -0.923. The number of carbonyl (C=O) groups is 2. The number of halogens is 2. The summed E-state index contributed by atoms with van der Waals surface area (Å²) in [5.41, 5.74) is -0.626. The van der Waals surface area contributed by atoms with Crippen molar-refractivity contribution in [1.82, 2.24) is 15.5 Å². The Labute approximate surface area is 139 Å². The molecule has 1 aromatic rings. The molecule has 1 aliphatic rings. The molecule has 0 unspecified atom stereocenters. The first-order valence-electron chi connectivity index (χ1n) is 7.78. The van der Waals surface area contributed by atoms with E-state index in [2.05, 4.69) is 10.6 Å². The van der Waals surface area contributed by atoms with Gasteiger partial charge in [0.15, 0.2) is 0 Å². The summed E-state index contributed by atoms with van der Waals surface area (Å²) < 4.78 is 32.4. The van der Waals surface area contributed by atoms with Crippen molar-refractivity contribution < 1.29 is 23.1 Å². The van der Waals surface area contributed by atoms with Crippen molar-refractivity contribution in [1.29, 1.82) is 0 Å². The zero-order valence-corrected chi connectivity index (χ0v) is 13.6. The monoisotopic (exact) mass is 341 g/mol. The minimum Gasteiger partial charge on any atom is -0.375 e. The van der Waals surface area contributed by atoms with Gasteiger partial charge >= 0.3 is 6.03 Å². The Morgan fingerprint density at radius 3 is 2.50 bits per heavy atom. The van der Waals surface area contributed by atoms with Crippen LogP contribution in [0.5, 0.6) is 0 Å². The summed E-state index contributed by atoms with van der Waals surface area (Å²) in [5, 5.41) is 5.05. The molecule has 1 aliphatic heterocycles. The molecule has 1 saturated heterocycles. The van der Waals surface area contributed by atoms with E-state index >= 15 is 0 Å². The van der Waals surface area contributed by atoms with Gasteiger partial charge in [0.1, 0.15) is 17.2 Å². The van der Waals surface area contributed by atoms with Gasteiger partial charge in [0, 0.05) is 19.6 Å². The number of carbonyl (C=O) groups excluding carboxylic acids is 2. The van der Waals surface area contributed by atoms with E-state index in [0.717, 1.165) is 12.1 Å². The van der Waals surface area contributed by atoms with Crippen LogP contribution in [-0.2, 0) is 4.74 Å². The van der Waals surface area contributed by atoms with Crippen LogP contribution >= 0.6 is 0 Å². The number of ether oxygens (including phenoxy) is 1. The number of benzene rings is 1. The maximum atomic E-state index is 13.5. The highest BCUT2D eigenvalue weighted by Gasteiger charge is 2.27. The lowest BCUT2D eigenvalue weighted by atomic mass is 10.2. The molecule has 8 heteroatoms. The fourth-order valence-corrected chi connectivity index (χ4v) is 2.44. The first kappa shape index (κ1) is 18.1. The Morgan fingerprint density at radius 2 is 1.83 bits per heavy atom. The summed E-state index contributed by atoms with van der Waals surface area (Å²) in [4.78, 5) is 25.6. The number of nitrogens with one attached hydrogen (secondary N) is 2. The molecule has 1 heterocycles. The van der Waals surface area contributed by atoms with E-state index in [-0.39, 0.29) is 31.3 Å². The molecular weight excluding hydrogens is 320 g/mol. The molecule has 0 saturated carbocycles. The van der Waals surface area contributed by atoms with Crippen LogP contribution in [0.3, 0.4) is 0 Å². The van der Waals surface area contributed by atoms with Crippen LogP contribution < -0.4 is 10.6 Å². The lowest BCUT2D eigenvalue weighted by molar-refractivity contribution is -0.0317. The highest BCUT2D eigenvalue weighted by molar-refractivity contribution is 5.94. The summed E-state index contributed by atoms with van der Waals surface area (Å²) in [6, 6.07) is 2.92. The number of urea groups is 1. The molecule has 3 amide bonds. The van der Waals surface area contributed by atoms with Gasteiger partial charge < -0.3 is 20.3 Å². The highest BCUT2D eigenvalue weighted by atomic mass is 19.1. The summed E-state index contributed by atoms with van der Waals surface area (Å²) in [7, 11) is 0. The summed E-state index contributed by atoms with van der Waals surface area (Å²) in [6.07, 6.45) is -0.0318. The van der Waals surface area contributed by atoms with Gasteiger partial charge in [-0.1, -0.05) is 6.07 Å². The van der Waals surface area contributed by atoms with E-state index in [1.54, 1.807) is 4.90 Å². The van der Waals surface area contributed by atoms with Gasteiger partial charge in [-0.25, -0.2) is 13.6 Å². The third-order valence-corrected chi connectivity index (χ3v) is 3.75. The van der Waals surface area contributed by atoms with Crippen molar-refractivity contribution in [2.24, 2.45) is 0 Å². The van der Waals surface area contributed by atoms with Crippen LogP contribution in [0, 0.1) is 11.6 Å². The average molecular weight is 341 g/mol. The zero-order chi connectivity index (χ0) is 17.7. The van der Waals surface area contributed by atoms with Gasteiger partial charge in [-0.3, -0.25) is 4.79 Å². The Balaban J connectivity index is 1.78. The maximum absolute atomic E-state index is 13.5. The number of morpholine rings is 1. The van der Waals surface area contributed by atoms with Crippen molar-refractivity contribution in [2.75, 3.05) is 26.2 Å². The van der Waals surface area contributed by atoms with E-state index in [4.69, 9.17) is 4.74 Å². The SMILES string of the molecule is C[C@@H]1CN(C(=O)NCCNC(=O)c2c(F)cccc2F)[C@H](C)CO1. The smallest absolute Gasteiger partial charge is 0.317 e. The topological polar surface area (TPSA) is 70.7 Å². The minimum absolute atomic E-state index is 0.0318. The zero-order valence-electron chi connectivity index (χ0n) is 13.6. The third-order valence-electron chi connectivity index (χ3n) is 3.75. The molecule has 2 atom stereocenters. The van der Waals surface area contributed by atoms with Crippen LogP contribution in [-0.4, -0.2) is 55.2 Å². The summed E-state index contributed by atoms with van der Waals surface area (Å²) in [6.45, 7) is 4.94. The molecule has 1 aromatic carbocycles. The van der Waals surface area contributed by atoms with Crippen LogP contribution in [0.2, 0.25) is 0 Å². The van der Waals surface area contributed by atoms with Gasteiger partial charge in [-0.15, -0.1) is 0 Å². The summed E-state index contributed by atoms with van der Waals surface area (Å²) >= 11 is 0. The van der Waals surface area contributed by atoms with E-state index in [1.807, 2.05) is 13.8 Å². The predicted molar refractivity (Wildman–Crippen MR) is 83.7 cm³/mol. The second kappa shape index (κ2) is 8.05. The number of amides is 3. The first-order valence-corrected chi connectivity index (χ1v) is 7.78.